The third-order valence-electron chi connectivity index (χ3n) is 4.01. The first-order valence-corrected chi connectivity index (χ1v) is 10.6. The number of aryl methyl sites for hydroxylation is 2. The Labute approximate surface area is 181 Å². The molecule has 0 saturated heterocycles. The number of anilines is 1. The number of amides is 2. The molecule has 1 aromatic heterocycles. The van der Waals surface area contributed by atoms with Crippen LogP contribution in [-0.2, 0) is 9.59 Å². The maximum atomic E-state index is 12.2. The molecule has 9 heteroatoms. The lowest BCUT2D eigenvalue weighted by molar-refractivity contribution is -0.122. The minimum atomic E-state index is -0.297. The first-order chi connectivity index (χ1) is 13.9. The van der Waals surface area contributed by atoms with E-state index in [9.17, 15) is 9.59 Å². The number of nitrogens with zero attached hydrogens (tertiary/aromatic N) is 3. The van der Waals surface area contributed by atoms with E-state index in [2.05, 4.69) is 36.8 Å². The predicted molar refractivity (Wildman–Crippen MR) is 117 cm³/mol. The molecule has 0 aliphatic rings. The van der Waals surface area contributed by atoms with Crippen LogP contribution in [0.3, 0.4) is 0 Å². The largest absolute Gasteiger partial charge is 0.346 e. The van der Waals surface area contributed by atoms with Crippen molar-refractivity contribution in [3.63, 3.8) is 0 Å². The number of thioether (sulfide) groups is 1. The Hall–Kier alpha value is -2.65. The second-order valence-electron chi connectivity index (χ2n) is 6.29. The van der Waals surface area contributed by atoms with Gasteiger partial charge in [-0.15, -0.1) is 10.2 Å². The standard InChI is InChI=1S/C20H20BrN5O2S/c1-13-7-9-15(10-8-13)26-14(2)24-25-20(26)29-12-19(28)22-11-18(27)23-17-6-4-3-5-16(17)21/h3-10H,11-12H2,1-2H3,(H,22,28)(H,23,27). The van der Waals surface area contributed by atoms with Gasteiger partial charge in [0.25, 0.3) is 0 Å². The van der Waals surface area contributed by atoms with E-state index in [1.54, 1.807) is 6.07 Å². The summed E-state index contributed by atoms with van der Waals surface area (Å²) in [5, 5.41) is 14.3. The van der Waals surface area contributed by atoms with Crippen molar-refractivity contribution < 1.29 is 9.59 Å². The number of para-hydroxylation sites is 1. The molecule has 0 aliphatic heterocycles. The fourth-order valence-corrected chi connectivity index (χ4v) is 3.76. The highest BCUT2D eigenvalue weighted by Gasteiger charge is 2.14. The molecular weight excluding hydrogens is 454 g/mol. The zero-order chi connectivity index (χ0) is 20.8. The first kappa shape index (κ1) is 21.1. The molecule has 0 bridgehead atoms. The Bertz CT molecular complexity index is 1020. The quantitative estimate of drug-likeness (QED) is 0.512. The van der Waals surface area contributed by atoms with Crippen molar-refractivity contribution >= 4 is 45.2 Å². The van der Waals surface area contributed by atoms with Crippen molar-refractivity contribution in [1.29, 1.82) is 0 Å². The van der Waals surface area contributed by atoms with Gasteiger partial charge < -0.3 is 10.6 Å². The number of carbonyl (C=O) groups is 2. The van der Waals surface area contributed by atoms with Gasteiger partial charge in [0.2, 0.25) is 11.8 Å². The van der Waals surface area contributed by atoms with E-state index in [1.165, 1.54) is 11.8 Å². The molecule has 3 rings (SSSR count). The number of nitrogens with one attached hydrogen (secondary N) is 2. The van der Waals surface area contributed by atoms with Crippen LogP contribution in [0.2, 0.25) is 0 Å². The molecule has 0 spiro atoms. The highest BCUT2D eigenvalue weighted by atomic mass is 79.9. The summed E-state index contributed by atoms with van der Waals surface area (Å²) in [6.07, 6.45) is 0. The number of hydrogen-bond donors (Lipinski definition) is 2. The van der Waals surface area contributed by atoms with Gasteiger partial charge in [-0.1, -0.05) is 41.6 Å². The molecule has 0 atom stereocenters. The van der Waals surface area contributed by atoms with E-state index in [0.29, 0.717) is 10.8 Å². The zero-order valence-electron chi connectivity index (χ0n) is 16.0. The number of halogens is 1. The zero-order valence-corrected chi connectivity index (χ0v) is 18.4. The number of rotatable bonds is 7. The van der Waals surface area contributed by atoms with Gasteiger partial charge >= 0.3 is 0 Å². The fraction of sp³-hybridized carbons (Fsp3) is 0.200. The molecule has 0 unspecified atom stereocenters. The minimum Gasteiger partial charge on any atom is -0.346 e. The highest BCUT2D eigenvalue weighted by Crippen LogP contribution is 2.22. The number of benzene rings is 2. The van der Waals surface area contributed by atoms with Crippen LogP contribution in [0, 0.1) is 13.8 Å². The Kier molecular flexibility index (Phi) is 7.05. The molecule has 0 aliphatic carbocycles. The van der Waals surface area contributed by atoms with Gasteiger partial charge in [-0.3, -0.25) is 14.2 Å². The van der Waals surface area contributed by atoms with Crippen LogP contribution in [0.1, 0.15) is 11.4 Å². The summed E-state index contributed by atoms with van der Waals surface area (Å²) in [5.74, 6) is 0.318. The highest BCUT2D eigenvalue weighted by molar-refractivity contribution is 9.10. The van der Waals surface area contributed by atoms with Crippen molar-refractivity contribution in [1.82, 2.24) is 20.1 Å². The summed E-state index contributed by atoms with van der Waals surface area (Å²) in [6.45, 7) is 3.78. The van der Waals surface area contributed by atoms with Crippen LogP contribution in [0.5, 0.6) is 0 Å². The molecule has 7 nitrogen and oxygen atoms in total. The maximum absolute atomic E-state index is 12.2. The molecule has 0 saturated carbocycles. The Morgan fingerprint density at radius 2 is 1.76 bits per heavy atom. The van der Waals surface area contributed by atoms with Gasteiger partial charge in [-0.2, -0.15) is 0 Å². The first-order valence-electron chi connectivity index (χ1n) is 8.87. The molecule has 2 aromatic carbocycles. The van der Waals surface area contributed by atoms with Gasteiger partial charge in [-0.05, 0) is 54.0 Å². The van der Waals surface area contributed by atoms with Gasteiger partial charge in [0.15, 0.2) is 5.16 Å². The molecular formula is C20H20BrN5O2S. The molecule has 3 aromatic rings. The van der Waals surface area contributed by atoms with Crippen LogP contribution in [0.15, 0.2) is 58.2 Å². The SMILES string of the molecule is Cc1ccc(-n2c(C)nnc2SCC(=O)NCC(=O)Nc2ccccc2Br)cc1. The second-order valence-corrected chi connectivity index (χ2v) is 8.09. The third-order valence-corrected chi connectivity index (χ3v) is 5.63. The van der Waals surface area contributed by atoms with Crippen molar-refractivity contribution in [2.24, 2.45) is 0 Å². The van der Waals surface area contributed by atoms with E-state index in [0.717, 1.165) is 21.5 Å². The number of hydrogen-bond acceptors (Lipinski definition) is 5. The van der Waals surface area contributed by atoms with E-state index in [1.807, 2.05) is 60.9 Å². The molecule has 1 heterocycles. The van der Waals surface area contributed by atoms with E-state index in [4.69, 9.17) is 0 Å². The van der Waals surface area contributed by atoms with Crippen molar-refractivity contribution in [3.05, 3.63) is 64.4 Å². The van der Waals surface area contributed by atoms with Crippen molar-refractivity contribution in [3.8, 4) is 5.69 Å². The van der Waals surface area contributed by atoms with E-state index < -0.39 is 0 Å². The molecule has 0 radical (unpaired) electrons. The summed E-state index contributed by atoms with van der Waals surface area (Å²) in [7, 11) is 0. The van der Waals surface area contributed by atoms with Gasteiger partial charge in [-0.25, -0.2) is 0 Å². The normalized spacial score (nSPS) is 10.6. The van der Waals surface area contributed by atoms with Gasteiger partial charge in [0.05, 0.1) is 18.0 Å². The number of carbonyl (C=O) groups excluding carboxylic acids is 2. The topological polar surface area (TPSA) is 88.9 Å². The molecule has 29 heavy (non-hydrogen) atoms. The van der Waals surface area contributed by atoms with Crippen molar-refractivity contribution in [2.45, 2.75) is 19.0 Å². The third kappa shape index (κ3) is 5.68. The lowest BCUT2D eigenvalue weighted by Gasteiger charge is -2.10. The second kappa shape index (κ2) is 9.71. The van der Waals surface area contributed by atoms with Crippen LogP contribution < -0.4 is 10.6 Å². The monoisotopic (exact) mass is 473 g/mol. The lowest BCUT2D eigenvalue weighted by atomic mass is 10.2. The van der Waals surface area contributed by atoms with Gasteiger partial charge in [0.1, 0.15) is 5.82 Å². The Balaban J connectivity index is 1.53. The minimum absolute atomic E-state index is 0.107. The van der Waals surface area contributed by atoms with Crippen molar-refractivity contribution in [2.75, 3.05) is 17.6 Å². The van der Waals surface area contributed by atoms with E-state index >= 15 is 0 Å². The van der Waals surface area contributed by atoms with E-state index in [-0.39, 0.29) is 24.1 Å². The maximum Gasteiger partial charge on any atom is 0.243 e. The summed E-state index contributed by atoms with van der Waals surface area (Å²) in [5.41, 5.74) is 2.76. The average molecular weight is 474 g/mol. The Morgan fingerprint density at radius 3 is 2.48 bits per heavy atom. The summed E-state index contributed by atoms with van der Waals surface area (Å²) in [6, 6.07) is 15.3. The molecule has 0 fully saturated rings. The molecule has 150 valence electrons. The van der Waals surface area contributed by atoms with Gasteiger partial charge in [0, 0.05) is 10.2 Å². The summed E-state index contributed by atoms with van der Waals surface area (Å²) < 4.78 is 2.68. The molecule has 2 N–H and O–H groups in total. The Morgan fingerprint density at radius 1 is 1.03 bits per heavy atom. The average Bonchev–Trinajstić information content (AvgIpc) is 3.07. The summed E-state index contributed by atoms with van der Waals surface area (Å²) in [4.78, 5) is 24.2. The van der Waals surface area contributed by atoms with Crippen LogP contribution >= 0.6 is 27.7 Å². The number of aromatic nitrogens is 3. The smallest absolute Gasteiger partial charge is 0.243 e. The summed E-state index contributed by atoms with van der Waals surface area (Å²) >= 11 is 4.64. The van der Waals surface area contributed by atoms with Crippen LogP contribution in [0.4, 0.5) is 5.69 Å². The fourth-order valence-electron chi connectivity index (χ4n) is 2.54. The van der Waals surface area contributed by atoms with Crippen LogP contribution in [0.25, 0.3) is 5.69 Å². The predicted octanol–water partition coefficient (Wildman–Crippen LogP) is 3.49. The van der Waals surface area contributed by atoms with Crippen LogP contribution in [-0.4, -0.2) is 38.9 Å². The molecule has 2 amide bonds. The lowest BCUT2D eigenvalue weighted by Crippen LogP contribution is -2.34.